The molecule has 0 amide bonds. The summed E-state index contributed by atoms with van der Waals surface area (Å²) in [5.41, 5.74) is 2.08. The van der Waals surface area contributed by atoms with E-state index in [0.29, 0.717) is 0 Å². The SMILES string of the molecule is Brc1cccc(C#Cc2cccc3ccccc23)c1. The van der Waals surface area contributed by atoms with Gasteiger partial charge in [-0.05, 0) is 35.0 Å². The van der Waals surface area contributed by atoms with E-state index in [9.17, 15) is 0 Å². The quantitative estimate of drug-likeness (QED) is 0.513. The summed E-state index contributed by atoms with van der Waals surface area (Å²) in [5, 5.41) is 2.43. The van der Waals surface area contributed by atoms with Crippen LogP contribution in [0.4, 0.5) is 0 Å². The van der Waals surface area contributed by atoms with Gasteiger partial charge in [-0.2, -0.15) is 0 Å². The Hall–Kier alpha value is -2.04. The molecule has 0 spiro atoms. The van der Waals surface area contributed by atoms with Crippen LogP contribution in [0.5, 0.6) is 0 Å². The summed E-state index contributed by atoms with van der Waals surface area (Å²) >= 11 is 3.46. The van der Waals surface area contributed by atoms with Gasteiger partial charge in [0.25, 0.3) is 0 Å². The summed E-state index contributed by atoms with van der Waals surface area (Å²) in [7, 11) is 0. The zero-order valence-electron chi connectivity index (χ0n) is 10.2. The van der Waals surface area contributed by atoms with Crippen molar-refractivity contribution in [3.63, 3.8) is 0 Å². The molecule has 19 heavy (non-hydrogen) atoms. The molecule has 0 bridgehead atoms. The van der Waals surface area contributed by atoms with Crippen LogP contribution in [0, 0.1) is 11.8 Å². The summed E-state index contributed by atoms with van der Waals surface area (Å²) in [5.74, 6) is 6.47. The van der Waals surface area contributed by atoms with Crippen molar-refractivity contribution in [2.24, 2.45) is 0 Å². The lowest BCUT2D eigenvalue weighted by atomic mass is 10.0. The Morgan fingerprint density at radius 3 is 2.42 bits per heavy atom. The average molecular weight is 307 g/mol. The maximum Gasteiger partial charge on any atom is 0.0327 e. The van der Waals surface area contributed by atoms with Crippen LogP contribution < -0.4 is 0 Å². The Kier molecular flexibility index (Phi) is 3.35. The van der Waals surface area contributed by atoms with Gasteiger partial charge >= 0.3 is 0 Å². The van der Waals surface area contributed by atoms with E-state index in [1.165, 1.54) is 10.8 Å². The molecule has 0 heterocycles. The van der Waals surface area contributed by atoms with Crippen LogP contribution in [0.2, 0.25) is 0 Å². The highest BCUT2D eigenvalue weighted by Gasteiger charge is 1.96. The molecule has 0 nitrogen and oxygen atoms in total. The summed E-state index contributed by atoms with van der Waals surface area (Å²) in [6.45, 7) is 0. The smallest absolute Gasteiger partial charge is 0.0327 e. The number of hydrogen-bond acceptors (Lipinski definition) is 0. The minimum atomic E-state index is 1.02. The van der Waals surface area contributed by atoms with Crippen LogP contribution >= 0.6 is 15.9 Å². The van der Waals surface area contributed by atoms with Crippen molar-refractivity contribution in [1.82, 2.24) is 0 Å². The van der Waals surface area contributed by atoms with Gasteiger partial charge in [0.2, 0.25) is 0 Å². The molecule has 0 aromatic heterocycles. The first-order valence-electron chi connectivity index (χ1n) is 6.08. The lowest BCUT2D eigenvalue weighted by Crippen LogP contribution is -1.79. The Bertz CT molecular complexity index is 786. The molecule has 0 saturated carbocycles. The standard InChI is InChI=1S/C18H11Br/c19-17-9-3-5-14(13-17)11-12-16-8-4-7-15-6-1-2-10-18(15)16/h1-10,13H. The zero-order valence-corrected chi connectivity index (χ0v) is 11.8. The second-order valence-corrected chi connectivity index (χ2v) is 5.20. The van der Waals surface area contributed by atoms with Gasteiger partial charge in [0.1, 0.15) is 0 Å². The molecule has 90 valence electrons. The highest BCUT2D eigenvalue weighted by atomic mass is 79.9. The van der Waals surface area contributed by atoms with Crippen LogP contribution in [0.3, 0.4) is 0 Å². The number of halogens is 1. The first-order chi connectivity index (χ1) is 9.33. The molecule has 0 radical (unpaired) electrons. The molecule has 0 aliphatic carbocycles. The van der Waals surface area contributed by atoms with E-state index < -0.39 is 0 Å². The molecular formula is C18H11Br. The fourth-order valence-electron chi connectivity index (χ4n) is 2.04. The lowest BCUT2D eigenvalue weighted by Gasteiger charge is -1.99. The Balaban J connectivity index is 2.07. The molecule has 0 atom stereocenters. The third-order valence-electron chi connectivity index (χ3n) is 2.96. The molecule has 0 fully saturated rings. The molecule has 0 aliphatic heterocycles. The average Bonchev–Trinajstić information content (AvgIpc) is 2.45. The highest BCUT2D eigenvalue weighted by molar-refractivity contribution is 9.10. The topological polar surface area (TPSA) is 0 Å². The predicted molar refractivity (Wildman–Crippen MR) is 84.1 cm³/mol. The number of fused-ring (bicyclic) bond motifs is 1. The van der Waals surface area contributed by atoms with E-state index >= 15 is 0 Å². The van der Waals surface area contributed by atoms with Gasteiger partial charge in [-0.15, -0.1) is 0 Å². The van der Waals surface area contributed by atoms with Crippen molar-refractivity contribution in [3.05, 3.63) is 82.3 Å². The van der Waals surface area contributed by atoms with Crippen molar-refractivity contribution < 1.29 is 0 Å². The molecule has 0 aliphatic rings. The number of rotatable bonds is 0. The molecule has 0 saturated heterocycles. The molecule has 3 rings (SSSR count). The molecule has 0 N–H and O–H groups in total. The first-order valence-corrected chi connectivity index (χ1v) is 6.87. The van der Waals surface area contributed by atoms with Crippen LogP contribution in [-0.4, -0.2) is 0 Å². The van der Waals surface area contributed by atoms with E-state index in [2.05, 4.69) is 52.0 Å². The monoisotopic (exact) mass is 306 g/mol. The second-order valence-electron chi connectivity index (χ2n) is 4.29. The number of benzene rings is 3. The van der Waals surface area contributed by atoms with E-state index in [1.54, 1.807) is 0 Å². The normalized spacial score (nSPS) is 9.95. The van der Waals surface area contributed by atoms with Crippen molar-refractivity contribution in [2.75, 3.05) is 0 Å². The largest absolute Gasteiger partial charge is 0.0616 e. The molecule has 3 aromatic rings. The Labute approximate surface area is 121 Å². The van der Waals surface area contributed by atoms with Crippen LogP contribution in [0.25, 0.3) is 10.8 Å². The summed E-state index contributed by atoms with van der Waals surface area (Å²) < 4.78 is 1.05. The third-order valence-corrected chi connectivity index (χ3v) is 3.45. The molecule has 3 aromatic carbocycles. The summed E-state index contributed by atoms with van der Waals surface area (Å²) in [4.78, 5) is 0. The third kappa shape index (κ3) is 2.70. The van der Waals surface area contributed by atoms with Crippen molar-refractivity contribution in [1.29, 1.82) is 0 Å². The maximum absolute atomic E-state index is 3.46. The van der Waals surface area contributed by atoms with E-state index in [1.807, 2.05) is 42.5 Å². The Morgan fingerprint density at radius 2 is 1.53 bits per heavy atom. The summed E-state index contributed by atoms with van der Waals surface area (Å²) in [6.07, 6.45) is 0. The highest BCUT2D eigenvalue weighted by Crippen LogP contribution is 2.17. The minimum absolute atomic E-state index is 1.02. The van der Waals surface area contributed by atoms with Crippen molar-refractivity contribution >= 4 is 26.7 Å². The second kappa shape index (κ2) is 5.30. The van der Waals surface area contributed by atoms with Gasteiger partial charge in [0.05, 0.1) is 0 Å². The summed E-state index contributed by atoms with van der Waals surface area (Å²) in [6, 6.07) is 22.6. The maximum atomic E-state index is 3.46. The molecular weight excluding hydrogens is 296 g/mol. The van der Waals surface area contributed by atoms with Crippen LogP contribution in [0.1, 0.15) is 11.1 Å². The first kappa shape index (κ1) is 12.0. The molecule has 1 heteroatoms. The van der Waals surface area contributed by atoms with Gasteiger partial charge in [0, 0.05) is 15.6 Å². The lowest BCUT2D eigenvalue weighted by molar-refractivity contribution is 1.60. The Morgan fingerprint density at radius 1 is 0.737 bits per heavy atom. The van der Waals surface area contributed by atoms with Gasteiger partial charge in [-0.3, -0.25) is 0 Å². The fourth-order valence-corrected chi connectivity index (χ4v) is 2.44. The van der Waals surface area contributed by atoms with Gasteiger partial charge in [-0.1, -0.05) is 70.2 Å². The van der Waals surface area contributed by atoms with Crippen LogP contribution in [0.15, 0.2) is 71.2 Å². The fraction of sp³-hybridized carbons (Fsp3) is 0. The minimum Gasteiger partial charge on any atom is -0.0616 e. The number of hydrogen-bond donors (Lipinski definition) is 0. The van der Waals surface area contributed by atoms with E-state index in [4.69, 9.17) is 0 Å². The van der Waals surface area contributed by atoms with Crippen molar-refractivity contribution in [2.45, 2.75) is 0 Å². The van der Waals surface area contributed by atoms with Gasteiger partial charge in [-0.25, -0.2) is 0 Å². The predicted octanol–water partition coefficient (Wildman–Crippen LogP) is 5.00. The zero-order chi connectivity index (χ0) is 13.1. The van der Waals surface area contributed by atoms with Crippen LogP contribution in [-0.2, 0) is 0 Å². The van der Waals surface area contributed by atoms with Crippen molar-refractivity contribution in [3.8, 4) is 11.8 Å². The molecule has 0 unspecified atom stereocenters. The van der Waals surface area contributed by atoms with E-state index in [0.717, 1.165) is 15.6 Å². The van der Waals surface area contributed by atoms with Gasteiger partial charge < -0.3 is 0 Å². The van der Waals surface area contributed by atoms with Gasteiger partial charge in [0.15, 0.2) is 0 Å². The van der Waals surface area contributed by atoms with E-state index in [-0.39, 0.29) is 0 Å².